The zero-order valence-corrected chi connectivity index (χ0v) is 12.4. The zero-order chi connectivity index (χ0) is 14.5. The molecule has 1 saturated carbocycles. The molecule has 0 bridgehead atoms. The smallest absolute Gasteiger partial charge is 0.303 e. The number of aliphatic carboxylic acids is 1. The Balaban J connectivity index is 2.21. The highest BCUT2D eigenvalue weighted by atomic mass is 16.4. The van der Waals surface area contributed by atoms with Crippen molar-refractivity contribution in [3.05, 3.63) is 0 Å². The van der Waals surface area contributed by atoms with E-state index in [1.165, 1.54) is 0 Å². The number of carboxylic acids is 1. The Hall–Kier alpha value is -1.06. The van der Waals surface area contributed by atoms with Crippen LogP contribution in [0, 0.1) is 11.3 Å². The Kier molecular flexibility index (Phi) is 5.83. The van der Waals surface area contributed by atoms with Crippen molar-refractivity contribution in [3.8, 4) is 0 Å². The Morgan fingerprint density at radius 2 is 1.74 bits per heavy atom. The fraction of sp³-hybridized carbons (Fsp3) is 0.867. The maximum Gasteiger partial charge on any atom is 0.303 e. The van der Waals surface area contributed by atoms with E-state index in [1.807, 2.05) is 0 Å². The third kappa shape index (κ3) is 7.19. The van der Waals surface area contributed by atoms with E-state index in [4.69, 9.17) is 5.11 Å². The molecule has 1 fully saturated rings. The maximum absolute atomic E-state index is 11.8. The number of nitrogens with one attached hydrogen (secondary N) is 1. The predicted octanol–water partition coefficient (Wildman–Crippen LogP) is 2.96. The van der Waals surface area contributed by atoms with Crippen molar-refractivity contribution in [2.24, 2.45) is 11.3 Å². The average molecular weight is 269 g/mol. The van der Waals surface area contributed by atoms with Gasteiger partial charge in [-0.1, -0.05) is 20.8 Å². The molecule has 0 spiro atoms. The molecule has 0 radical (unpaired) electrons. The number of rotatable bonds is 5. The molecule has 0 atom stereocenters. The fourth-order valence-corrected chi connectivity index (χ4v) is 2.55. The highest BCUT2D eigenvalue weighted by Crippen LogP contribution is 2.27. The number of carbonyl (C=O) groups excluding carboxylic acids is 1. The zero-order valence-electron chi connectivity index (χ0n) is 12.4. The standard InChI is InChI=1S/C15H27NO3/c1-15(2,3)9-8-13(17)16-12-6-4-11(5-7-12)10-14(18)19/h11-12H,4-10H2,1-3H3,(H,16,17)(H,18,19). The summed E-state index contributed by atoms with van der Waals surface area (Å²) in [4.78, 5) is 22.4. The van der Waals surface area contributed by atoms with Crippen LogP contribution in [0.5, 0.6) is 0 Å². The van der Waals surface area contributed by atoms with E-state index in [-0.39, 0.29) is 23.8 Å². The number of carboxylic acid groups (broad SMARTS) is 1. The van der Waals surface area contributed by atoms with Crippen LogP contribution < -0.4 is 5.32 Å². The van der Waals surface area contributed by atoms with Gasteiger partial charge >= 0.3 is 5.97 Å². The molecule has 1 aliphatic carbocycles. The summed E-state index contributed by atoms with van der Waals surface area (Å²) in [5.41, 5.74) is 0.191. The minimum Gasteiger partial charge on any atom is -0.481 e. The van der Waals surface area contributed by atoms with Crippen LogP contribution in [0.2, 0.25) is 0 Å². The predicted molar refractivity (Wildman–Crippen MR) is 74.8 cm³/mol. The van der Waals surface area contributed by atoms with Crippen LogP contribution in [0.3, 0.4) is 0 Å². The molecule has 19 heavy (non-hydrogen) atoms. The topological polar surface area (TPSA) is 66.4 Å². The summed E-state index contributed by atoms with van der Waals surface area (Å²) in [5, 5.41) is 11.8. The maximum atomic E-state index is 11.8. The number of hydrogen-bond donors (Lipinski definition) is 2. The molecular weight excluding hydrogens is 242 g/mol. The first kappa shape index (κ1) is 16.0. The Labute approximate surface area is 116 Å². The van der Waals surface area contributed by atoms with Gasteiger partial charge in [0.15, 0.2) is 0 Å². The second kappa shape index (κ2) is 6.92. The fourth-order valence-electron chi connectivity index (χ4n) is 2.55. The lowest BCUT2D eigenvalue weighted by atomic mass is 9.84. The van der Waals surface area contributed by atoms with Gasteiger partial charge in [0, 0.05) is 18.9 Å². The summed E-state index contributed by atoms with van der Waals surface area (Å²) in [7, 11) is 0. The van der Waals surface area contributed by atoms with Crippen molar-refractivity contribution in [2.45, 2.75) is 71.8 Å². The van der Waals surface area contributed by atoms with E-state index in [9.17, 15) is 9.59 Å². The molecule has 1 aliphatic rings. The van der Waals surface area contributed by atoms with Gasteiger partial charge in [-0.05, 0) is 43.4 Å². The monoisotopic (exact) mass is 269 g/mol. The van der Waals surface area contributed by atoms with Crippen LogP contribution in [0.4, 0.5) is 0 Å². The summed E-state index contributed by atoms with van der Waals surface area (Å²) in [6.45, 7) is 6.41. The molecule has 0 saturated heterocycles. The first-order chi connectivity index (χ1) is 8.76. The molecule has 4 heteroatoms. The quantitative estimate of drug-likeness (QED) is 0.806. The second-order valence-corrected chi connectivity index (χ2v) is 6.94. The average Bonchev–Trinajstić information content (AvgIpc) is 2.28. The van der Waals surface area contributed by atoms with Crippen LogP contribution in [-0.2, 0) is 9.59 Å². The lowest BCUT2D eigenvalue weighted by molar-refractivity contribution is -0.138. The summed E-state index contributed by atoms with van der Waals surface area (Å²) in [5.74, 6) is -0.283. The van der Waals surface area contributed by atoms with Crippen molar-refractivity contribution < 1.29 is 14.7 Å². The first-order valence-electron chi connectivity index (χ1n) is 7.27. The molecule has 1 amide bonds. The molecular formula is C15H27NO3. The van der Waals surface area contributed by atoms with Crippen molar-refractivity contribution in [2.75, 3.05) is 0 Å². The van der Waals surface area contributed by atoms with E-state index in [1.54, 1.807) is 0 Å². The van der Waals surface area contributed by atoms with E-state index in [0.29, 0.717) is 12.3 Å². The molecule has 1 rings (SSSR count). The molecule has 2 N–H and O–H groups in total. The van der Waals surface area contributed by atoms with Gasteiger partial charge in [0.05, 0.1) is 0 Å². The molecule has 110 valence electrons. The van der Waals surface area contributed by atoms with Gasteiger partial charge in [-0.15, -0.1) is 0 Å². The van der Waals surface area contributed by atoms with E-state index >= 15 is 0 Å². The van der Waals surface area contributed by atoms with Crippen LogP contribution in [0.25, 0.3) is 0 Å². The summed E-state index contributed by atoms with van der Waals surface area (Å²) in [6, 6.07) is 0.248. The SMILES string of the molecule is CC(C)(C)CCC(=O)NC1CCC(CC(=O)O)CC1. The molecule has 0 aromatic heterocycles. The van der Waals surface area contributed by atoms with Gasteiger partial charge < -0.3 is 10.4 Å². The van der Waals surface area contributed by atoms with Crippen molar-refractivity contribution in [3.63, 3.8) is 0 Å². The third-order valence-corrected chi connectivity index (χ3v) is 3.78. The lowest BCUT2D eigenvalue weighted by Gasteiger charge is -2.28. The number of carbonyl (C=O) groups is 2. The number of hydrogen-bond acceptors (Lipinski definition) is 2. The van der Waals surface area contributed by atoms with Crippen molar-refractivity contribution in [1.29, 1.82) is 0 Å². The molecule has 0 aromatic rings. The largest absolute Gasteiger partial charge is 0.481 e. The minimum absolute atomic E-state index is 0.136. The second-order valence-electron chi connectivity index (χ2n) is 6.94. The van der Waals surface area contributed by atoms with Crippen molar-refractivity contribution >= 4 is 11.9 Å². The molecule has 0 aliphatic heterocycles. The van der Waals surface area contributed by atoms with Crippen LogP contribution in [0.1, 0.15) is 65.7 Å². The summed E-state index contributed by atoms with van der Waals surface area (Å²) < 4.78 is 0. The van der Waals surface area contributed by atoms with Gasteiger partial charge in [0.1, 0.15) is 0 Å². The highest BCUT2D eigenvalue weighted by molar-refractivity contribution is 5.76. The Bertz CT molecular complexity index is 312. The van der Waals surface area contributed by atoms with Gasteiger partial charge in [-0.3, -0.25) is 9.59 Å². The normalized spacial score (nSPS) is 23.9. The lowest BCUT2D eigenvalue weighted by Crippen LogP contribution is -2.38. The Morgan fingerprint density at radius 3 is 2.21 bits per heavy atom. The van der Waals surface area contributed by atoms with E-state index in [2.05, 4.69) is 26.1 Å². The third-order valence-electron chi connectivity index (χ3n) is 3.78. The van der Waals surface area contributed by atoms with Crippen LogP contribution in [-0.4, -0.2) is 23.0 Å². The van der Waals surface area contributed by atoms with E-state index in [0.717, 1.165) is 32.1 Å². The summed E-state index contributed by atoms with van der Waals surface area (Å²) >= 11 is 0. The van der Waals surface area contributed by atoms with Crippen molar-refractivity contribution in [1.82, 2.24) is 5.32 Å². The highest BCUT2D eigenvalue weighted by Gasteiger charge is 2.24. The molecule has 4 nitrogen and oxygen atoms in total. The summed E-state index contributed by atoms with van der Waals surface area (Å²) in [6.07, 6.45) is 5.40. The van der Waals surface area contributed by atoms with Gasteiger partial charge in [-0.2, -0.15) is 0 Å². The van der Waals surface area contributed by atoms with Gasteiger partial charge in [0.2, 0.25) is 5.91 Å². The van der Waals surface area contributed by atoms with Gasteiger partial charge in [-0.25, -0.2) is 0 Å². The molecule has 0 unspecified atom stereocenters. The van der Waals surface area contributed by atoms with Crippen LogP contribution in [0.15, 0.2) is 0 Å². The number of amides is 1. The van der Waals surface area contributed by atoms with E-state index < -0.39 is 5.97 Å². The first-order valence-corrected chi connectivity index (χ1v) is 7.27. The van der Waals surface area contributed by atoms with Gasteiger partial charge in [0.25, 0.3) is 0 Å². The minimum atomic E-state index is -0.710. The molecule has 0 heterocycles. The Morgan fingerprint density at radius 1 is 1.16 bits per heavy atom. The van der Waals surface area contributed by atoms with Crippen LogP contribution >= 0.6 is 0 Å². The molecule has 0 aromatic carbocycles.